The molecule has 0 aliphatic carbocycles. The van der Waals surface area contributed by atoms with Crippen LogP contribution in [-0.2, 0) is 19.0 Å². The lowest BCUT2D eigenvalue weighted by atomic mass is 10.1. The molecule has 0 aliphatic rings. The van der Waals surface area contributed by atoms with E-state index in [0.717, 1.165) is 15.6 Å². The van der Waals surface area contributed by atoms with Gasteiger partial charge in [0.15, 0.2) is 0 Å². The third-order valence-corrected chi connectivity index (χ3v) is 3.59. The minimum absolute atomic E-state index is 0.0621. The molecule has 0 saturated heterocycles. The molecule has 28 heavy (non-hydrogen) atoms. The van der Waals surface area contributed by atoms with Gasteiger partial charge in [0.05, 0.1) is 34.0 Å². The second-order valence-electron chi connectivity index (χ2n) is 5.42. The average molecular weight is 394 g/mol. The molecule has 0 atom stereocenters. The summed E-state index contributed by atoms with van der Waals surface area (Å²) in [7, 11) is 2.73. The van der Waals surface area contributed by atoms with Gasteiger partial charge >= 0.3 is 18.2 Å². The van der Waals surface area contributed by atoms with Crippen LogP contribution in [0.4, 0.5) is 9.59 Å². The number of nitrogens with zero attached hydrogens (tertiary/aromatic N) is 2. The zero-order valence-electron chi connectivity index (χ0n) is 16.6. The molecule has 0 aromatic heterocycles. The Kier molecular flexibility index (Phi) is 9.35. The SMILES string of the molecule is C=C(CN(C(=O)OCC)N(CC(=O)OC)C(=O)OCC)c1ccc(OC)cc1. The largest absolute Gasteiger partial charge is 0.497 e. The van der Waals surface area contributed by atoms with Gasteiger partial charge in [0.2, 0.25) is 0 Å². The first-order valence-corrected chi connectivity index (χ1v) is 8.65. The predicted molar refractivity (Wildman–Crippen MR) is 102 cm³/mol. The first-order valence-electron chi connectivity index (χ1n) is 8.65. The van der Waals surface area contributed by atoms with E-state index in [1.807, 2.05) is 0 Å². The van der Waals surface area contributed by atoms with Crippen LogP contribution in [0.15, 0.2) is 30.8 Å². The lowest BCUT2D eigenvalue weighted by Crippen LogP contribution is -2.52. The monoisotopic (exact) mass is 394 g/mol. The van der Waals surface area contributed by atoms with Crippen molar-refractivity contribution in [2.24, 2.45) is 0 Å². The molecule has 1 aromatic carbocycles. The standard InChI is InChI=1S/C19H26N2O7/c1-6-27-18(23)20(21(13-17(22)26-5)19(24)28-7-2)12-14(3)15-8-10-16(25-4)11-9-15/h8-11H,3,6-7,12-13H2,1-2,4-5H3. The van der Waals surface area contributed by atoms with Gasteiger partial charge in [-0.1, -0.05) is 18.7 Å². The molecule has 1 aromatic rings. The van der Waals surface area contributed by atoms with Crippen molar-refractivity contribution in [1.82, 2.24) is 10.0 Å². The highest BCUT2D eigenvalue weighted by Crippen LogP contribution is 2.20. The van der Waals surface area contributed by atoms with Crippen LogP contribution in [0.1, 0.15) is 19.4 Å². The minimum Gasteiger partial charge on any atom is -0.497 e. The zero-order chi connectivity index (χ0) is 21.1. The average Bonchev–Trinajstić information content (AvgIpc) is 2.70. The van der Waals surface area contributed by atoms with Crippen molar-refractivity contribution >= 4 is 23.7 Å². The van der Waals surface area contributed by atoms with Crippen molar-refractivity contribution in [2.45, 2.75) is 13.8 Å². The van der Waals surface area contributed by atoms with Gasteiger partial charge in [0, 0.05) is 0 Å². The van der Waals surface area contributed by atoms with E-state index in [-0.39, 0.29) is 19.8 Å². The summed E-state index contributed by atoms with van der Waals surface area (Å²) in [6.07, 6.45) is -1.71. The second kappa shape index (κ2) is 11.5. The van der Waals surface area contributed by atoms with Gasteiger partial charge in [-0.05, 0) is 37.1 Å². The van der Waals surface area contributed by atoms with Crippen LogP contribution in [0.5, 0.6) is 5.75 Å². The number of hydrogen-bond acceptors (Lipinski definition) is 7. The maximum atomic E-state index is 12.5. The van der Waals surface area contributed by atoms with E-state index in [9.17, 15) is 14.4 Å². The van der Waals surface area contributed by atoms with Gasteiger partial charge in [-0.2, -0.15) is 0 Å². The number of carbonyl (C=O) groups excluding carboxylic acids is 3. The molecule has 9 heteroatoms. The van der Waals surface area contributed by atoms with Crippen LogP contribution in [0.25, 0.3) is 5.57 Å². The molecule has 0 bridgehead atoms. The van der Waals surface area contributed by atoms with E-state index in [0.29, 0.717) is 11.3 Å². The number of benzene rings is 1. The van der Waals surface area contributed by atoms with E-state index in [4.69, 9.17) is 14.2 Å². The summed E-state index contributed by atoms with van der Waals surface area (Å²) in [6, 6.07) is 7.01. The van der Waals surface area contributed by atoms with Crippen LogP contribution in [0.3, 0.4) is 0 Å². The summed E-state index contributed by atoms with van der Waals surface area (Å²) in [5, 5.41) is 1.80. The highest BCUT2D eigenvalue weighted by molar-refractivity contribution is 5.81. The molecule has 0 heterocycles. The molecule has 0 saturated carbocycles. The lowest BCUT2D eigenvalue weighted by molar-refractivity contribution is -0.145. The third kappa shape index (κ3) is 6.49. The number of ether oxygens (including phenoxy) is 4. The third-order valence-electron chi connectivity index (χ3n) is 3.59. The highest BCUT2D eigenvalue weighted by Gasteiger charge is 2.31. The number of rotatable bonds is 8. The minimum atomic E-state index is -0.886. The molecule has 1 rings (SSSR count). The van der Waals surface area contributed by atoms with Gasteiger partial charge in [-0.25, -0.2) is 19.6 Å². The molecular weight excluding hydrogens is 368 g/mol. The Morgan fingerprint density at radius 3 is 1.82 bits per heavy atom. The maximum absolute atomic E-state index is 12.5. The topological polar surface area (TPSA) is 94.6 Å². The smallest absolute Gasteiger partial charge is 0.429 e. The number of amides is 2. The molecular formula is C19H26N2O7. The first kappa shape index (κ1) is 22.8. The fourth-order valence-corrected chi connectivity index (χ4v) is 2.18. The Morgan fingerprint density at radius 1 is 0.893 bits per heavy atom. The van der Waals surface area contributed by atoms with Crippen LogP contribution < -0.4 is 4.74 Å². The molecule has 0 spiro atoms. The number of esters is 1. The van der Waals surface area contributed by atoms with E-state index >= 15 is 0 Å². The fraction of sp³-hybridized carbons (Fsp3) is 0.421. The summed E-state index contributed by atoms with van der Waals surface area (Å²) < 4.78 is 19.7. The Morgan fingerprint density at radius 2 is 1.39 bits per heavy atom. The van der Waals surface area contributed by atoms with E-state index in [1.54, 1.807) is 45.2 Å². The molecule has 0 fully saturated rings. The van der Waals surface area contributed by atoms with E-state index in [1.165, 1.54) is 7.11 Å². The van der Waals surface area contributed by atoms with Gasteiger partial charge in [-0.3, -0.25) is 4.79 Å². The summed E-state index contributed by atoms with van der Waals surface area (Å²) in [4.78, 5) is 36.6. The predicted octanol–water partition coefficient (Wildman–Crippen LogP) is 2.71. The zero-order valence-corrected chi connectivity index (χ0v) is 16.6. The maximum Gasteiger partial charge on any atom is 0.429 e. The lowest BCUT2D eigenvalue weighted by Gasteiger charge is -2.32. The number of hydrogen-bond donors (Lipinski definition) is 0. The molecule has 0 unspecified atom stereocenters. The summed E-state index contributed by atoms with van der Waals surface area (Å²) in [6.45, 7) is 6.71. The number of methoxy groups -OCH3 is 2. The summed E-state index contributed by atoms with van der Waals surface area (Å²) >= 11 is 0. The molecule has 2 amide bonds. The van der Waals surface area contributed by atoms with E-state index in [2.05, 4.69) is 11.3 Å². The van der Waals surface area contributed by atoms with Crippen LogP contribution in [0, 0.1) is 0 Å². The normalized spacial score (nSPS) is 9.86. The molecule has 9 nitrogen and oxygen atoms in total. The van der Waals surface area contributed by atoms with Crippen LogP contribution in [-0.4, -0.2) is 68.7 Å². The van der Waals surface area contributed by atoms with Crippen molar-refractivity contribution in [3.05, 3.63) is 36.4 Å². The summed E-state index contributed by atoms with van der Waals surface area (Å²) in [5.41, 5.74) is 1.23. The quantitative estimate of drug-likeness (QED) is 0.380. The van der Waals surface area contributed by atoms with Gasteiger partial charge in [0.1, 0.15) is 12.3 Å². The Bertz CT molecular complexity index is 688. The van der Waals surface area contributed by atoms with Crippen LogP contribution >= 0.6 is 0 Å². The van der Waals surface area contributed by atoms with Crippen molar-refractivity contribution in [3.63, 3.8) is 0 Å². The van der Waals surface area contributed by atoms with Gasteiger partial charge < -0.3 is 18.9 Å². The Hall–Kier alpha value is -3.23. The highest BCUT2D eigenvalue weighted by atomic mass is 16.6. The van der Waals surface area contributed by atoms with Gasteiger partial charge in [-0.15, -0.1) is 0 Å². The van der Waals surface area contributed by atoms with Crippen molar-refractivity contribution in [2.75, 3.05) is 40.5 Å². The second-order valence-corrected chi connectivity index (χ2v) is 5.42. The molecule has 0 N–H and O–H groups in total. The fourth-order valence-electron chi connectivity index (χ4n) is 2.18. The Labute approximate surface area is 164 Å². The van der Waals surface area contributed by atoms with E-state index < -0.39 is 24.7 Å². The molecule has 154 valence electrons. The number of hydrazine groups is 1. The van der Waals surface area contributed by atoms with Crippen molar-refractivity contribution in [3.8, 4) is 5.75 Å². The Balaban J connectivity index is 3.14. The van der Waals surface area contributed by atoms with Crippen LogP contribution in [0.2, 0.25) is 0 Å². The molecule has 0 aliphatic heterocycles. The van der Waals surface area contributed by atoms with Crippen molar-refractivity contribution < 1.29 is 33.3 Å². The number of carbonyl (C=O) groups is 3. The van der Waals surface area contributed by atoms with Gasteiger partial charge in [0.25, 0.3) is 0 Å². The summed E-state index contributed by atoms with van der Waals surface area (Å²) in [5.74, 6) is -0.0601. The van der Waals surface area contributed by atoms with Crippen molar-refractivity contribution in [1.29, 1.82) is 0 Å². The first-order chi connectivity index (χ1) is 13.4. The molecule has 0 radical (unpaired) electrons.